The Labute approximate surface area is 228 Å². The van der Waals surface area contributed by atoms with E-state index < -0.39 is 0 Å². The third-order valence-corrected chi connectivity index (χ3v) is 7.40. The number of para-hydroxylation sites is 3. The molecule has 6 nitrogen and oxygen atoms in total. The van der Waals surface area contributed by atoms with Gasteiger partial charge in [0.05, 0.1) is 62.1 Å². The van der Waals surface area contributed by atoms with Crippen molar-refractivity contribution < 1.29 is 0 Å². The predicted octanol–water partition coefficient (Wildman–Crippen LogP) is 7.37. The molecule has 0 fully saturated rings. The van der Waals surface area contributed by atoms with Gasteiger partial charge in [-0.25, -0.2) is 0 Å². The fraction of sp³-hybridized carbons (Fsp3) is 0. The molecule has 5 aromatic carbocycles. The maximum Gasteiger partial charge on any atom is 0.101 e. The molecule has 0 aliphatic carbocycles. The van der Waals surface area contributed by atoms with Gasteiger partial charge in [-0.2, -0.15) is 21.0 Å². The van der Waals surface area contributed by atoms with E-state index >= 15 is 0 Å². The topological polar surface area (TPSA) is 105 Å². The highest BCUT2D eigenvalue weighted by molar-refractivity contribution is 6.24. The lowest BCUT2D eigenvalue weighted by atomic mass is 10.1. The van der Waals surface area contributed by atoms with Crippen molar-refractivity contribution in [2.45, 2.75) is 0 Å². The summed E-state index contributed by atoms with van der Waals surface area (Å²) in [5.41, 5.74) is 6.20. The highest BCUT2D eigenvalue weighted by Gasteiger charge is 2.23. The van der Waals surface area contributed by atoms with Crippen LogP contribution >= 0.6 is 0 Å². The van der Waals surface area contributed by atoms with E-state index in [2.05, 4.69) is 47.0 Å². The van der Waals surface area contributed by atoms with Gasteiger partial charge >= 0.3 is 0 Å². The molecular weight excluding hydrogens is 492 g/mol. The number of rotatable bonds is 2. The number of fused-ring (bicyclic) bond motifs is 7. The molecule has 0 aliphatic heterocycles. The second-order valence-corrected chi connectivity index (χ2v) is 9.48. The molecule has 0 N–H and O–H groups in total. The summed E-state index contributed by atoms with van der Waals surface area (Å²) in [4.78, 5) is 0. The molecular formula is C34H16N6. The van der Waals surface area contributed by atoms with Crippen LogP contribution in [0.2, 0.25) is 0 Å². The van der Waals surface area contributed by atoms with Crippen LogP contribution in [-0.2, 0) is 0 Å². The van der Waals surface area contributed by atoms with Gasteiger partial charge in [0.25, 0.3) is 0 Å². The Morgan fingerprint density at radius 3 is 1.48 bits per heavy atom. The van der Waals surface area contributed by atoms with Gasteiger partial charge in [-0.15, -0.1) is 0 Å². The monoisotopic (exact) mass is 508 g/mol. The largest absolute Gasteiger partial charge is 0.307 e. The molecule has 2 heterocycles. The minimum absolute atomic E-state index is 0.384. The Kier molecular flexibility index (Phi) is 4.91. The fourth-order valence-corrected chi connectivity index (χ4v) is 5.84. The number of benzene rings is 5. The van der Waals surface area contributed by atoms with Crippen LogP contribution in [-0.4, -0.2) is 9.13 Å². The molecule has 0 aliphatic rings. The maximum absolute atomic E-state index is 10.1. The van der Waals surface area contributed by atoms with Gasteiger partial charge in [0.1, 0.15) is 12.1 Å². The number of hydrogen-bond donors (Lipinski definition) is 0. The number of nitrogens with zero attached hydrogens (tertiary/aromatic N) is 6. The number of nitriles is 4. The van der Waals surface area contributed by atoms with Crippen LogP contribution in [0, 0.1) is 45.3 Å². The van der Waals surface area contributed by atoms with Crippen molar-refractivity contribution in [3.8, 4) is 35.7 Å². The fourth-order valence-electron chi connectivity index (χ4n) is 5.84. The van der Waals surface area contributed by atoms with Crippen LogP contribution in [0.15, 0.2) is 97.1 Å². The first-order valence-corrected chi connectivity index (χ1v) is 12.5. The Morgan fingerprint density at radius 1 is 0.450 bits per heavy atom. The standard InChI is InChI=1S/C34H16N6/c35-17-21-14-22(18-36)16-25(15-21)39-30-10-3-1-8-26(30)28-12-13-29-27-9-2-4-11-31(27)40(34(29)33(28)39)32-23(19-37)6-5-7-24(32)20-38/h1-16H. The molecule has 7 rings (SSSR count). The highest BCUT2D eigenvalue weighted by atomic mass is 15.0. The van der Waals surface area contributed by atoms with E-state index in [4.69, 9.17) is 0 Å². The summed E-state index contributed by atoms with van der Waals surface area (Å²) in [6, 6.07) is 39.4. The van der Waals surface area contributed by atoms with Crippen LogP contribution in [0.3, 0.4) is 0 Å². The van der Waals surface area contributed by atoms with E-state index in [0.717, 1.165) is 43.6 Å². The molecule has 40 heavy (non-hydrogen) atoms. The van der Waals surface area contributed by atoms with Gasteiger partial charge in [-0.3, -0.25) is 0 Å². The molecule has 0 saturated carbocycles. The zero-order valence-electron chi connectivity index (χ0n) is 20.9. The molecule has 6 heteroatoms. The van der Waals surface area contributed by atoms with Crippen LogP contribution in [0.1, 0.15) is 22.3 Å². The quantitative estimate of drug-likeness (QED) is 0.243. The van der Waals surface area contributed by atoms with Crippen LogP contribution in [0.25, 0.3) is 55.0 Å². The molecule has 182 valence electrons. The van der Waals surface area contributed by atoms with Crippen LogP contribution in [0.4, 0.5) is 0 Å². The minimum atomic E-state index is 0.384. The summed E-state index contributed by atoms with van der Waals surface area (Å²) >= 11 is 0. The normalized spacial score (nSPS) is 10.9. The average Bonchev–Trinajstić information content (AvgIpc) is 3.53. The third kappa shape index (κ3) is 3.06. The summed E-state index contributed by atoms with van der Waals surface area (Å²) in [6.45, 7) is 0. The Bertz CT molecular complexity index is 2310. The van der Waals surface area contributed by atoms with E-state index in [9.17, 15) is 21.0 Å². The lowest BCUT2D eigenvalue weighted by Gasteiger charge is -2.14. The van der Waals surface area contributed by atoms with Crippen LogP contribution in [0.5, 0.6) is 0 Å². The zero-order chi connectivity index (χ0) is 27.4. The predicted molar refractivity (Wildman–Crippen MR) is 154 cm³/mol. The summed E-state index contributed by atoms with van der Waals surface area (Å²) in [5.74, 6) is 0. The van der Waals surface area contributed by atoms with Gasteiger partial charge in [0.2, 0.25) is 0 Å². The smallest absolute Gasteiger partial charge is 0.101 e. The summed E-state index contributed by atoms with van der Waals surface area (Å²) in [5, 5.41) is 43.7. The first-order chi connectivity index (χ1) is 19.7. The molecule has 0 unspecified atom stereocenters. The van der Waals surface area contributed by atoms with Gasteiger partial charge in [-0.05, 0) is 42.5 Å². The molecule has 0 bridgehead atoms. The van der Waals surface area contributed by atoms with Crippen molar-refractivity contribution in [1.82, 2.24) is 9.13 Å². The molecule has 0 amide bonds. The van der Waals surface area contributed by atoms with E-state index in [0.29, 0.717) is 33.6 Å². The molecule has 0 spiro atoms. The molecule has 2 aromatic heterocycles. The SMILES string of the molecule is N#Cc1cc(C#N)cc(-n2c3ccccc3c3ccc4c5ccccc5n(-c5c(C#N)cccc5C#N)c4c32)c1. The highest BCUT2D eigenvalue weighted by Crippen LogP contribution is 2.42. The van der Waals surface area contributed by atoms with Gasteiger partial charge in [-0.1, -0.05) is 54.6 Å². The van der Waals surface area contributed by atoms with Crippen molar-refractivity contribution in [1.29, 1.82) is 21.0 Å². The van der Waals surface area contributed by atoms with E-state index in [1.807, 2.05) is 47.0 Å². The third-order valence-electron chi connectivity index (χ3n) is 7.40. The van der Waals surface area contributed by atoms with E-state index in [1.165, 1.54) is 0 Å². The first-order valence-electron chi connectivity index (χ1n) is 12.5. The summed E-state index contributed by atoms with van der Waals surface area (Å²) < 4.78 is 4.09. The summed E-state index contributed by atoms with van der Waals surface area (Å²) in [7, 11) is 0. The van der Waals surface area contributed by atoms with Crippen molar-refractivity contribution in [3.63, 3.8) is 0 Å². The lowest BCUT2D eigenvalue weighted by molar-refractivity contribution is 1.13. The molecule has 0 atom stereocenters. The van der Waals surface area contributed by atoms with Crippen molar-refractivity contribution in [3.05, 3.63) is 119 Å². The van der Waals surface area contributed by atoms with Crippen LogP contribution < -0.4 is 0 Å². The van der Waals surface area contributed by atoms with Gasteiger partial charge in [0, 0.05) is 27.2 Å². The molecule has 0 saturated heterocycles. The first kappa shape index (κ1) is 22.8. The van der Waals surface area contributed by atoms with Gasteiger partial charge < -0.3 is 9.13 Å². The molecule has 7 aromatic rings. The van der Waals surface area contributed by atoms with Gasteiger partial charge in [0.15, 0.2) is 0 Å². The van der Waals surface area contributed by atoms with Crippen molar-refractivity contribution >= 4 is 43.6 Å². The lowest BCUT2D eigenvalue weighted by Crippen LogP contribution is -2.03. The maximum atomic E-state index is 10.1. The van der Waals surface area contributed by atoms with E-state index in [1.54, 1.807) is 36.4 Å². The minimum Gasteiger partial charge on any atom is -0.307 e. The van der Waals surface area contributed by atoms with E-state index in [-0.39, 0.29) is 0 Å². The Hall–Kier alpha value is -6.34. The Morgan fingerprint density at radius 2 is 0.950 bits per heavy atom. The second kappa shape index (κ2) is 8.61. The van der Waals surface area contributed by atoms with Crippen molar-refractivity contribution in [2.75, 3.05) is 0 Å². The van der Waals surface area contributed by atoms with Crippen molar-refractivity contribution in [2.24, 2.45) is 0 Å². The number of hydrogen-bond acceptors (Lipinski definition) is 4. The zero-order valence-corrected chi connectivity index (χ0v) is 20.9. The second-order valence-electron chi connectivity index (χ2n) is 9.48. The number of aromatic nitrogens is 2. The summed E-state index contributed by atoms with van der Waals surface area (Å²) in [6.07, 6.45) is 0. The average molecular weight is 509 g/mol. The Balaban J connectivity index is 1.81. The molecule has 0 radical (unpaired) electrons.